The molecule has 0 fully saturated rings. The van der Waals surface area contributed by atoms with Crippen molar-refractivity contribution in [2.45, 2.75) is 6.54 Å². The Kier molecular flexibility index (Phi) is 4.08. The minimum absolute atomic E-state index is 0.0841. The molecule has 4 heterocycles. The number of amides is 1. The minimum atomic E-state index is -0.566. The predicted molar refractivity (Wildman–Crippen MR) is 110 cm³/mol. The summed E-state index contributed by atoms with van der Waals surface area (Å²) in [5.41, 5.74) is 16.5. The van der Waals surface area contributed by atoms with Gasteiger partial charge in [-0.25, -0.2) is 20.1 Å². The quantitative estimate of drug-likeness (QED) is 0.250. The molecule has 1 aromatic carbocycles. The lowest BCUT2D eigenvalue weighted by Gasteiger charge is -2.00. The van der Waals surface area contributed by atoms with Gasteiger partial charge in [0.1, 0.15) is 23.4 Å². The highest BCUT2D eigenvalue weighted by atomic mass is 32.1. The van der Waals surface area contributed by atoms with Gasteiger partial charge in [-0.2, -0.15) is 10.1 Å². The first-order chi connectivity index (χ1) is 14.5. The summed E-state index contributed by atoms with van der Waals surface area (Å²) in [5, 5.41) is 14.1. The van der Waals surface area contributed by atoms with Crippen molar-refractivity contribution < 1.29 is 14.4 Å². The summed E-state index contributed by atoms with van der Waals surface area (Å²) >= 11 is 1.24. The highest BCUT2D eigenvalue weighted by Crippen LogP contribution is 2.33. The van der Waals surface area contributed by atoms with Crippen LogP contribution in [0.3, 0.4) is 0 Å². The van der Waals surface area contributed by atoms with Gasteiger partial charge in [0.05, 0.1) is 16.8 Å². The van der Waals surface area contributed by atoms with Crippen molar-refractivity contribution in [3.63, 3.8) is 0 Å². The van der Waals surface area contributed by atoms with Crippen molar-refractivity contribution in [3.05, 3.63) is 46.4 Å². The summed E-state index contributed by atoms with van der Waals surface area (Å²) in [6.45, 7) is 0.357. The van der Waals surface area contributed by atoms with Crippen LogP contribution in [0.5, 0.6) is 0 Å². The molecule has 4 aromatic heterocycles. The Morgan fingerprint density at radius 3 is 2.93 bits per heavy atom. The number of nitrogens with one attached hydrogen (secondary N) is 1. The van der Waals surface area contributed by atoms with Crippen LogP contribution in [0.1, 0.15) is 14.5 Å². The summed E-state index contributed by atoms with van der Waals surface area (Å²) in [7, 11) is 0. The second-order valence-corrected chi connectivity index (χ2v) is 7.57. The molecule has 0 unspecified atom stereocenters. The number of oxazole rings is 1. The molecule has 0 saturated carbocycles. The molecule has 0 saturated heterocycles. The SMILES string of the molecule is Nc1nc2cc(-c3nn(Cc4ccc(C(=O)NO)s4)c4ncnc(N)c34)ccc2o1. The van der Waals surface area contributed by atoms with Crippen LogP contribution in [0.15, 0.2) is 41.1 Å². The molecule has 6 N–H and O–H groups in total. The lowest BCUT2D eigenvalue weighted by Crippen LogP contribution is -2.16. The third-order valence-corrected chi connectivity index (χ3v) is 5.60. The Balaban J connectivity index is 1.62. The molecule has 0 aliphatic carbocycles. The zero-order valence-corrected chi connectivity index (χ0v) is 16.1. The minimum Gasteiger partial charge on any atom is -0.424 e. The van der Waals surface area contributed by atoms with Crippen molar-refractivity contribution in [2.24, 2.45) is 0 Å². The van der Waals surface area contributed by atoms with Crippen molar-refractivity contribution >= 4 is 51.2 Å². The van der Waals surface area contributed by atoms with Gasteiger partial charge in [-0.15, -0.1) is 11.3 Å². The number of benzene rings is 1. The van der Waals surface area contributed by atoms with E-state index in [4.69, 9.17) is 26.2 Å². The molecule has 0 bridgehead atoms. The number of nitrogens with zero attached hydrogens (tertiary/aromatic N) is 5. The fourth-order valence-electron chi connectivity index (χ4n) is 3.22. The van der Waals surface area contributed by atoms with E-state index < -0.39 is 5.91 Å². The van der Waals surface area contributed by atoms with Crippen molar-refractivity contribution in [1.29, 1.82) is 0 Å². The number of anilines is 2. The van der Waals surface area contributed by atoms with Gasteiger partial charge in [-0.3, -0.25) is 10.0 Å². The van der Waals surface area contributed by atoms with Gasteiger partial charge in [0.25, 0.3) is 11.9 Å². The average Bonchev–Trinajstić information content (AvgIpc) is 3.44. The topological polar surface area (TPSA) is 171 Å². The van der Waals surface area contributed by atoms with Gasteiger partial charge in [0.2, 0.25) is 0 Å². The number of thiophene rings is 1. The van der Waals surface area contributed by atoms with Crippen LogP contribution in [0.25, 0.3) is 33.4 Å². The van der Waals surface area contributed by atoms with E-state index >= 15 is 0 Å². The summed E-state index contributed by atoms with van der Waals surface area (Å²) in [6, 6.07) is 8.91. The van der Waals surface area contributed by atoms with Crippen LogP contribution in [0, 0.1) is 0 Å². The first-order valence-electron chi connectivity index (χ1n) is 8.70. The molecule has 30 heavy (non-hydrogen) atoms. The zero-order chi connectivity index (χ0) is 20.8. The number of aromatic nitrogens is 5. The van der Waals surface area contributed by atoms with E-state index in [9.17, 15) is 4.79 Å². The molecule has 5 rings (SSSR count). The van der Waals surface area contributed by atoms with Crippen LogP contribution in [-0.4, -0.2) is 35.8 Å². The van der Waals surface area contributed by atoms with Crippen LogP contribution in [0.2, 0.25) is 0 Å². The van der Waals surface area contributed by atoms with E-state index in [2.05, 4.69) is 15.0 Å². The molecular formula is C18H14N8O3S. The maximum absolute atomic E-state index is 11.6. The van der Waals surface area contributed by atoms with E-state index in [1.54, 1.807) is 28.4 Å². The molecule has 0 aliphatic rings. The lowest BCUT2D eigenvalue weighted by atomic mass is 10.1. The van der Waals surface area contributed by atoms with E-state index in [1.807, 2.05) is 12.1 Å². The van der Waals surface area contributed by atoms with Crippen molar-refractivity contribution in [2.75, 3.05) is 11.5 Å². The molecule has 0 spiro atoms. The number of fused-ring (bicyclic) bond motifs is 2. The molecular weight excluding hydrogens is 408 g/mol. The molecule has 0 aliphatic heterocycles. The van der Waals surface area contributed by atoms with E-state index in [0.717, 1.165) is 10.4 Å². The van der Waals surface area contributed by atoms with E-state index in [1.165, 1.54) is 17.7 Å². The Labute approximate surface area is 171 Å². The van der Waals surface area contributed by atoms with Crippen LogP contribution < -0.4 is 16.9 Å². The molecule has 0 radical (unpaired) electrons. The van der Waals surface area contributed by atoms with Crippen LogP contribution in [-0.2, 0) is 6.54 Å². The second kappa shape index (κ2) is 6.79. The summed E-state index contributed by atoms with van der Waals surface area (Å²) in [5.74, 6) is -0.267. The second-order valence-electron chi connectivity index (χ2n) is 6.41. The summed E-state index contributed by atoms with van der Waals surface area (Å²) in [4.78, 5) is 25.4. The first kappa shape index (κ1) is 18.0. The number of hydrogen-bond donors (Lipinski definition) is 4. The molecule has 0 atom stereocenters. The normalized spacial score (nSPS) is 11.4. The first-order valence-corrected chi connectivity index (χ1v) is 9.51. The Morgan fingerprint density at radius 1 is 1.23 bits per heavy atom. The molecule has 12 heteroatoms. The van der Waals surface area contributed by atoms with Gasteiger partial charge in [-0.05, 0) is 30.3 Å². The number of carbonyl (C=O) groups is 1. The molecule has 5 aromatic rings. The van der Waals surface area contributed by atoms with Crippen LogP contribution in [0.4, 0.5) is 11.8 Å². The van der Waals surface area contributed by atoms with Gasteiger partial charge in [-0.1, -0.05) is 0 Å². The van der Waals surface area contributed by atoms with Gasteiger partial charge in [0.15, 0.2) is 11.2 Å². The smallest absolute Gasteiger partial charge is 0.292 e. The van der Waals surface area contributed by atoms with Gasteiger partial charge < -0.3 is 15.9 Å². The van der Waals surface area contributed by atoms with E-state index in [-0.39, 0.29) is 6.01 Å². The summed E-state index contributed by atoms with van der Waals surface area (Å²) < 4.78 is 7.02. The predicted octanol–water partition coefficient (Wildman–Crippen LogP) is 2.03. The third-order valence-electron chi connectivity index (χ3n) is 4.53. The summed E-state index contributed by atoms with van der Waals surface area (Å²) in [6.07, 6.45) is 1.38. The maximum Gasteiger partial charge on any atom is 0.292 e. The number of carbonyl (C=O) groups excluding carboxylic acids is 1. The highest BCUT2D eigenvalue weighted by molar-refractivity contribution is 7.14. The average molecular weight is 422 g/mol. The Bertz CT molecular complexity index is 1420. The molecule has 150 valence electrons. The number of nitrogen functional groups attached to an aromatic ring is 2. The Hall–Kier alpha value is -4.03. The molecule has 11 nitrogen and oxygen atoms in total. The Morgan fingerprint density at radius 2 is 2.10 bits per heavy atom. The number of hydrogen-bond acceptors (Lipinski definition) is 10. The van der Waals surface area contributed by atoms with Gasteiger partial charge in [0, 0.05) is 10.4 Å². The van der Waals surface area contributed by atoms with Crippen LogP contribution >= 0.6 is 11.3 Å². The van der Waals surface area contributed by atoms with Crippen molar-refractivity contribution in [1.82, 2.24) is 30.2 Å². The van der Waals surface area contributed by atoms with Crippen molar-refractivity contribution in [3.8, 4) is 11.3 Å². The largest absolute Gasteiger partial charge is 0.424 e. The highest BCUT2D eigenvalue weighted by Gasteiger charge is 2.19. The number of hydroxylamine groups is 1. The van der Waals surface area contributed by atoms with Gasteiger partial charge >= 0.3 is 0 Å². The lowest BCUT2D eigenvalue weighted by molar-refractivity contribution is 0.0711. The standard InChI is InChI=1S/C18H14N8O3S/c19-15-13-14(8-1-3-11-10(5-8)23-18(20)29-11)24-26(16(13)22-7-21-15)6-9-2-4-12(30-9)17(27)25-28/h1-5,7,28H,6H2,(H2,20,23)(H,25,27)(H2,19,21,22). The molecule has 1 amide bonds. The fraction of sp³-hybridized carbons (Fsp3) is 0.0556. The number of nitrogens with two attached hydrogens (primary N) is 2. The monoisotopic (exact) mass is 422 g/mol. The van der Waals surface area contributed by atoms with E-state index in [0.29, 0.717) is 45.1 Å². The zero-order valence-electron chi connectivity index (χ0n) is 15.2. The fourth-order valence-corrected chi connectivity index (χ4v) is 4.10. The third kappa shape index (κ3) is 2.91. The number of rotatable bonds is 4. The maximum atomic E-state index is 11.6.